The lowest BCUT2D eigenvalue weighted by Gasteiger charge is -2.09. The van der Waals surface area contributed by atoms with E-state index in [9.17, 15) is 9.59 Å². The van der Waals surface area contributed by atoms with Crippen LogP contribution in [0.25, 0.3) is 0 Å². The number of anilines is 2. The van der Waals surface area contributed by atoms with E-state index < -0.39 is 0 Å². The van der Waals surface area contributed by atoms with E-state index in [1.807, 2.05) is 44.2 Å². The van der Waals surface area contributed by atoms with Crippen molar-refractivity contribution in [3.63, 3.8) is 0 Å². The van der Waals surface area contributed by atoms with E-state index in [2.05, 4.69) is 10.6 Å². The van der Waals surface area contributed by atoms with Crippen LogP contribution < -0.4 is 10.6 Å². The number of carbonyl (C=O) groups excluding carboxylic acids is 2. The molecule has 0 radical (unpaired) electrons. The third-order valence-corrected chi connectivity index (χ3v) is 4.68. The molecule has 5 heteroatoms. The maximum atomic E-state index is 12.3. The van der Waals surface area contributed by atoms with Crippen LogP contribution in [0.2, 0.25) is 5.02 Å². The van der Waals surface area contributed by atoms with Crippen molar-refractivity contribution in [1.82, 2.24) is 0 Å². The molecular formula is C19H19ClN2O2. The third kappa shape index (κ3) is 3.60. The van der Waals surface area contributed by atoms with E-state index in [0.717, 1.165) is 16.8 Å². The maximum Gasteiger partial charge on any atom is 0.228 e. The highest BCUT2D eigenvalue weighted by Crippen LogP contribution is 2.40. The Hall–Kier alpha value is -2.33. The molecule has 0 spiro atoms. The molecule has 2 aromatic carbocycles. The molecule has 4 nitrogen and oxygen atoms in total. The number of hydrogen-bond acceptors (Lipinski definition) is 2. The first-order valence-corrected chi connectivity index (χ1v) is 8.27. The Morgan fingerprint density at radius 1 is 1.00 bits per heavy atom. The Morgan fingerprint density at radius 2 is 1.67 bits per heavy atom. The summed E-state index contributed by atoms with van der Waals surface area (Å²) in [6.07, 6.45) is 0.573. The Kier molecular flexibility index (Phi) is 4.58. The van der Waals surface area contributed by atoms with Crippen molar-refractivity contribution in [3.8, 4) is 0 Å². The van der Waals surface area contributed by atoms with Crippen LogP contribution in [-0.2, 0) is 9.59 Å². The molecular weight excluding hydrogens is 324 g/mol. The van der Waals surface area contributed by atoms with E-state index in [-0.39, 0.29) is 23.7 Å². The minimum atomic E-state index is -0.284. The van der Waals surface area contributed by atoms with E-state index in [4.69, 9.17) is 11.6 Å². The summed E-state index contributed by atoms with van der Waals surface area (Å²) in [5.74, 6) is -0.800. The maximum absolute atomic E-state index is 12.3. The number of rotatable bonds is 4. The summed E-state index contributed by atoms with van der Waals surface area (Å²) in [5, 5.41) is 6.35. The number of aryl methyl sites for hydroxylation is 1. The van der Waals surface area contributed by atoms with Gasteiger partial charge in [0.25, 0.3) is 0 Å². The number of nitrogens with one attached hydrogen (secondary N) is 2. The summed E-state index contributed by atoms with van der Waals surface area (Å²) in [4.78, 5) is 24.6. The Balaban J connectivity index is 1.59. The number of amides is 2. The molecule has 0 bridgehead atoms. The highest BCUT2D eigenvalue weighted by atomic mass is 35.5. The predicted octanol–water partition coefficient (Wildman–Crippen LogP) is 4.17. The van der Waals surface area contributed by atoms with Crippen LogP contribution in [0.4, 0.5) is 11.4 Å². The average molecular weight is 343 g/mol. The van der Waals surface area contributed by atoms with Gasteiger partial charge in [-0.15, -0.1) is 0 Å². The molecule has 0 aliphatic heterocycles. The Morgan fingerprint density at radius 3 is 2.38 bits per heavy atom. The SMILES string of the molecule is Cc1cccc(NC(=O)C2CC2C(=O)Nc2cccc(Cl)c2C)c1. The van der Waals surface area contributed by atoms with Gasteiger partial charge in [-0.2, -0.15) is 0 Å². The topological polar surface area (TPSA) is 58.2 Å². The van der Waals surface area contributed by atoms with Crippen molar-refractivity contribution in [2.75, 3.05) is 10.6 Å². The molecule has 1 saturated carbocycles. The number of halogens is 1. The molecule has 2 N–H and O–H groups in total. The van der Waals surface area contributed by atoms with Crippen molar-refractivity contribution in [2.45, 2.75) is 20.3 Å². The van der Waals surface area contributed by atoms with Gasteiger partial charge in [-0.25, -0.2) is 0 Å². The molecule has 0 saturated heterocycles. The van der Waals surface area contributed by atoms with Gasteiger partial charge < -0.3 is 10.6 Å². The van der Waals surface area contributed by atoms with Crippen molar-refractivity contribution in [1.29, 1.82) is 0 Å². The fourth-order valence-electron chi connectivity index (χ4n) is 2.70. The van der Waals surface area contributed by atoms with Gasteiger partial charge in [0.05, 0.1) is 11.8 Å². The normalized spacial score (nSPS) is 18.8. The van der Waals surface area contributed by atoms with Gasteiger partial charge in [0.1, 0.15) is 0 Å². The molecule has 1 fully saturated rings. The average Bonchev–Trinajstić information content (AvgIpc) is 3.32. The monoisotopic (exact) mass is 342 g/mol. The van der Waals surface area contributed by atoms with Crippen LogP contribution in [0.1, 0.15) is 17.5 Å². The molecule has 0 aromatic heterocycles. The third-order valence-electron chi connectivity index (χ3n) is 4.28. The summed E-state index contributed by atoms with van der Waals surface area (Å²) < 4.78 is 0. The smallest absolute Gasteiger partial charge is 0.228 e. The van der Waals surface area contributed by atoms with Gasteiger partial charge in [0.2, 0.25) is 11.8 Å². The van der Waals surface area contributed by atoms with Crippen LogP contribution in [0.3, 0.4) is 0 Å². The lowest BCUT2D eigenvalue weighted by Crippen LogP contribution is -2.21. The summed E-state index contributed by atoms with van der Waals surface area (Å²) in [6.45, 7) is 3.82. The quantitative estimate of drug-likeness (QED) is 0.876. The van der Waals surface area contributed by atoms with Crippen LogP contribution >= 0.6 is 11.6 Å². The zero-order chi connectivity index (χ0) is 17.3. The first-order chi connectivity index (χ1) is 11.5. The zero-order valence-corrected chi connectivity index (χ0v) is 14.4. The summed E-state index contributed by atoms with van der Waals surface area (Å²) >= 11 is 6.06. The standard InChI is InChI=1S/C19H19ClN2O2/c1-11-5-3-6-13(9-11)21-18(23)14-10-15(14)19(24)22-17-8-4-7-16(20)12(17)2/h3-9,14-15H,10H2,1-2H3,(H,21,23)(H,22,24). The summed E-state index contributed by atoms with van der Waals surface area (Å²) in [7, 11) is 0. The second kappa shape index (κ2) is 6.65. The number of carbonyl (C=O) groups is 2. The van der Waals surface area contributed by atoms with Crippen LogP contribution in [0.5, 0.6) is 0 Å². The van der Waals surface area contributed by atoms with Gasteiger partial charge in [0, 0.05) is 16.4 Å². The minimum absolute atomic E-state index is 0.108. The predicted molar refractivity (Wildman–Crippen MR) is 96.2 cm³/mol. The van der Waals surface area contributed by atoms with E-state index >= 15 is 0 Å². The summed E-state index contributed by atoms with van der Waals surface area (Å²) in [6, 6.07) is 13.0. The highest BCUT2D eigenvalue weighted by molar-refractivity contribution is 6.31. The first kappa shape index (κ1) is 16.5. The molecule has 2 amide bonds. The molecule has 3 rings (SSSR count). The minimum Gasteiger partial charge on any atom is -0.326 e. The second-order valence-electron chi connectivity index (χ2n) is 6.21. The Labute approximate surface area is 146 Å². The van der Waals surface area contributed by atoms with Crippen molar-refractivity contribution in [3.05, 3.63) is 58.6 Å². The lowest BCUT2D eigenvalue weighted by molar-refractivity contribution is -0.122. The van der Waals surface area contributed by atoms with Gasteiger partial charge >= 0.3 is 0 Å². The van der Waals surface area contributed by atoms with Gasteiger partial charge in [-0.05, 0) is 55.7 Å². The summed E-state index contributed by atoms with van der Waals surface area (Å²) in [5.41, 5.74) is 3.36. The van der Waals surface area contributed by atoms with E-state index in [0.29, 0.717) is 17.1 Å². The molecule has 2 aromatic rings. The molecule has 24 heavy (non-hydrogen) atoms. The van der Waals surface area contributed by atoms with Gasteiger partial charge in [-0.3, -0.25) is 9.59 Å². The van der Waals surface area contributed by atoms with Gasteiger partial charge in [0.15, 0.2) is 0 Å². The van der Waals surface area contributed by atoms with Crippen molar-refractivity contribution in [2.24, 2.45) is 11.8 Å². The van der Waals surface area contributed by atoms with Gasteiger partial charge in [-0.1, -0.05) is 29.8 Å². The van der Waals surface area contributed by atoms with Crippen molar-refractivity contribution < 1.29 is 9.59 Å². The van der Waals surface area contributed by atoms with Crippen LogP contribution in [0, 0.1) is 25.7 Å². The Bertz CT molecular complexity index is 804. The lowest BCUT2D eigenvalue weighted by atomic mass is 10.2. The van der Waals surface area contributed by atoms with Crippen molar-refractivity contribution >= 4 is 34.8 Å². The molecule has 1 aliphatic carbocycles. The van der Waals surface area contributed by atoms with E-state index in [1.54, 1.807) is 12.1 Å². The number of benzene rings is 2. The zero-order valence-electron chi connectivity index (χ0n) is 13.6. The second-order valence-corrected chi connectivity index (χ2v) is 6.62. The fraction of sp³-hybridized carbons (Fsp3) is 0.263. The van der Waals surface area contributed by atoms with Crippen LogP contribution in [-0.4, -0.2) is 11.8 Å². The fourth-order valence-corrected chi connectivity index (χ4v) is 2.88. The molecule has 2 atom stereocenters. The largest absolute Gasteiger partial charge is 0.326 e. The van der Waals surface area contributed by atoms with E-state index in [1.165, 1.54) is 0 Å². The molecule has 0 heterocycles. The molecule has 2 unspecified atom stereocenters. The number of hydrogen-bond donors (Lipinski definition) is 2. The molecule has 1 aliphatic rings. The first-order valence-electron chi connectivity index (χ1n) is 7.89. The highest BCUT2D eigenvalue weighted by Gasteiger charge is 2.48. The van der Waals surface area contributed by atoms with Crippen LogP contribution in [0.15, 0.2) is 42.5 Å². The molecule has 124 valence electrons.